The van der Waals surface area contributed by atoms with Gasteiger partial charge in [-0.05, 0) is 37.0 Å². The molecular formula is C20H25FN2O7. The van der Waals surface area contributed by atoms with Crippen LogP contribution in [0.4, 0.5) is 9.18 Å². The van der Waals surface area contributed by atoms with E-state index in [0.717, 1.165) is 0 Å². The van der Waals surface area contributed by atoms with E-state index >= 15 is 0 Å². The first-order valence-corrected chi connectivity index (χ1v) is 9.53. The number of benzene rings is 1. The molecule has 9 nitrogen and oxygen atoms in total. The van der Waals surface area contributed by atoms with Crippen LogP contribution in [0.25, 0.3) is 0 Å². The number of hydrogen-bond donors (Lipinski definition) is 2. The first kappa shape index (κ1) is 23.1. The maximum Gasteiger partial charge on any atom is 0.410 e. The molecule has 1 aromatic carbocycles. The highest BCUT2D eigenvalue weighted by Gasteiger charge is 2.35. The number of ketones is 1. The quantitative estimate of drug-likeness (QED) is 0.618. The summed E-state index contributed by atoms with van der Waals surface area (Å²) < 4.78 is 23.1. The van der Waals surface area contributed by atoms with Crippen LogP contribution in [-0.2, 0) is 25.7 Å². The molecule has 0 aliphatic carbocycles. The molecule has 0 bridgehead atoms. The van der Waals surface area contributed by atoms with Gasteiger partial charge in [-0.2, -0.15) is 0 Å². The maximum atomic E-state index is 12.7. The van der Waals surface area contributed by atoms with Gasteiger partial charge in [-0.1, -0.05) is 12.1 Å². The molecule has 10 heteroatoms. The fourth-order valence-electron chi connectivity index (χ4n) is 3.19. The lowest BCUT2D eigenvalue weighted by Crippen LogP contribution is -2.55. The number of Topliss-reactive ketones (excluding diaryl/α,β-unsaturated/α-hetero) is 1. The lowest BCUT2D eigenvalue weighted by molar-refractivity contribution is -0.140. The van der Waals surface area contributed by atoms with Gasteiger partial charge in [0.25, 0.3) is 0 Å². The predicted molar refractivity (Wildman–Crippen MR) is 103 cm³/mol. The Morgan fingerprint density at radius 1 is 1.30 bits per heavy atom. The molecule has 0 aromatic heterocycles. The van der Waals surface area contributed by atoms with Crippen LogP contribution in [0.1, 0.15) is 31.2 Å². The van der Waals surface area contributed by atoms with Crippen LogP contribution in [0, 0.1) is 0 Å². The molecule has 0 unspecified atom stereocenters. The number of piperidine rings is 1. The molecule has 164 valence electrons. The number of aliphatic carboxylic acids is 1. The largest absolute Gasteiger partial charge is 0.497 e. The molecule has 1 heterocycles. The number of halogens is 1. The molecule has 1 fully saturated rings. The van der Waals surface area contributed by atoms with Gasteiger partial charge in [0.2, 0.25) is 5.91 Å². The molecule has 1 saturated heterocycles. The molecule has 0 saturated carbocycles. The SMILES string of the molecule is COc1cccc(COC(=O)N2CCCC[C@H]2C(=O)N[C@@H](CC(=O)O)C(=O)CF)c1. The number of nitrogens with zero attached hydrogens (tertiary/aromatic N) is 1. The Morgan fingerprint density at radius 2 is 2.07 bits per heavy atom. The first-order chi connectivity index (χ1) is 14.3. The van der Waals surface area contributed by atoms with Crippen LogP contribution in [0.3, 0.4) is 0 Å². The number of rotatable bonds is 9. The van der Waals surface area contributed by atoms with Crippen molar-refractivity contribution in [1.29, 1.82) is 0 Å². The van der Waals surface area contributed by atoms with Crippen molar-refractivity contribution in [1.82, 2.24) is 10.2 Å². The molecule has 0 spiro atoms. The number of nitrogens with one attached hydrogen (secondary N) is 1. The number of carbonyl (C=O) groups is 4. The van der Waals surface area contributed by atoms with Crippen LogP contribution in [-0.4, -0.2) is 66.2 Å². The number of carboxylic acids is 1. The minimum atomic E-state index is -1.49. The summed E-state index contributed by atoms with van der Waals surface area (Å²) in [6.45, 7) is -1.15. The predicted octanol–water partition coefficient (Wildman–Crippen LogP) is 1.68. The third-order valence-corrected chi connectivity index (χ3v) is 4.75. The Hall–Kier alpha value is -3.17. The fraction of sp³-hybridized carbons (Fsp3) is 0.500. The Kier molecular flexibility index (Phi) is 8.57. The minimum absolute atomic E-state index is 0.0250. The Bertz CT molecular complexity index is 786. The number of alkyl halides is 1. The average molecular weight is 424 g/mol. The number of hydrogen-bond acceptors (Lipinski definition) is 6. The summed E-state index contributed by atoms with van der Waals surface area (Å²) >= 11 is 0. The van der Waals surface area contributed by atoms with E-state index in [1.165, 1.54) is 12.0 Å². The molecule has 2 N–H and O–H groups in total. The molecular weight excluding hydrogens is 399 g/mol. The Labute approximate surface area is 173 Å². The van der Waals surface area contributed by atoms with Gasteiger partial charge in [-0.25, -0.2) is 9.18 Å². The summed E-state index contributed by atoms with van der Waals surface area (Å²) in [4.78, 5) is 49.0. The van der Waals surface area contributed by atoms with Crippen LogP contribution in [0.15, 0.2) is 24.3 Å². The van der Waals surface area contributed by atoms with E-state index < -0.39 is 48.9 Å². The lowest BCUT2D eigenvalue weighted by atomic mass is 10.0. The van der Waals surface area contributed by atoms with Gasteiger partial charge in [0.15, 0.2) is 5.78 Å². The molecule has 2 atom stereocenters. The molecule has 2 rings (SSSR count). The van der Waals surface area contributed by atoms with Crippen molar-refractivity contribution >= 4 is 23.8 Å². The van der Waals surface area contributed by atoms with Crippen LogP contribution < -0.4 is 10.1 Å². The topological polar surface area (TPSA) is 122 Å². The molecule has 30 heavy (non-hydrogen) atoms. The van der Waals surface area contributed by atoms with E-state index in [1.807, 2.05) is 0 Å². The zero-order chi connectivity index (χ0) is 22.1. The van der Waals surface area contributed by atoms with Gasteiger partial charge in [0, 0.05) is 6.54 Å². The first-order valence-electron chi connectivity index (χ1n) is 9.53. The standard InChI is InChI=1S/C20H25FN2O7/c1-29-14-6-4-5-13(9-14)12-30-20(28)23-8-3-2-7-16(23)19(27)22-15(10-18(25)26)17(24)11-21/h4-6,9,15-16H,2-3,7-8,10-12H2,1H3,(H,22,27)(H,25,26)/t15-,16-/m0/s1. The van der Waals surface area contributed by atoms with Crippen LogP contribution in [0.2, 0.25) is 0 Å². The van der Waals surface area contributed by atoms with Crippen molar-refractivity contribution in [3.8, 4) is 5.75 Å². The summed E-state index contributed by atoms with van der Waals surface area (Å²) in [7, 11) is 1.52. The highest BCUT2D eigenvalue weighted by molar-refractivity contribution is 5.94. The summed E-state index contributed by atoms with van der Waals surface area (Å²) in [6, 6.07) is 4.56. The van der Waals surface area contributed by atoms with E-state index in [4.69, 9.17) is 14.6 Å². The van der Waals surface area contributed by atoms with Crippen molar-refractivity contribution in [3.05, 3.63) is 29.8 Å². The van der Waals surface area contributed by atoms with E-state index in [9.17, 15) is 23.6 Å². The second kappa shape index (κ2) is 11.1. The normalized spacial score (nSPS) is 17.0. The van der Waals surface area contributed by atoms with Crippen LogP contribution >= 0.6 is 0 Å². The summed E-state index contributed by atoms with van der Waals surface area (Å²) in [5.41, 5.74) is 0.704. The number of amides is 2. The number of carbonyl (C=O) groups excluding carboxylic acids is 3. The maximum absolute atomic E-state index is 12.7. The van der Waals surface area contributed by atoms with Gasteiger partial charge in [-0.15, -0.1) is 0 Å². The molecule has 0 radical (unpaired) electrons. The number of ether oxygens (including phenoxy) is 2. The number of likely N-dealkylation sites (tertiary alicyclic amines) is 1. The highest BCUT2D eigenvalue weighted by atomic mass is 19.1. The van der Waals surface area contributed by atoms with E-state index in [2.05, 4.69) is 5.32 Å². The fourth-order valence-corrected chi connectivity index (χ4v) is 3.19. The summed E-state index contributed by atoms with van der Waals surface area (Å²) in [6.07, 6.45) is 0.216. The number of carboxylic acid groups (broad SMARTS) is 1. The van der Waals surface area contributed by atoms with E-state index in [-0.39, 0.29) is 13.2 Å². The van der Waals surface area contributed by atoms with Gasteiger partial charge < -0.3 is 19.9 Å². The Balaban J connectivity index is 2.03. The van der Waals surface area contributed by atoms with Gasteiger partial charge in [0.05, 0.1) is 13.5 Å². The summed E-state index contributed by atoms with van der Waals surface area (Å²) in [5, 5.41) is 11.2. The summed E-state index contributed by atoms with van der Waals surface area (Å²) in [5.74, 6) is -2.48. The zero-order valence-electron chi connectivity index (χ0n) is 16.6. The monoisotopic (exact) mass is 424 g/mol. The van der Waals surface area contributed by atoms with Crippen molar-refractivity contribution in [3.63, 3.8) is 0 Å². The second-order valence-corrected chi connectivity index (χ2v) is 6.87. The third-order valence-electron chi connectivity index (χ3n) is 4.75. The second-order valence-electron chi connectivity index (χ2n) is 6.87. The van der Waals surface area contributed by atoms with E-state index in [0.29, 0.717) is 30.6 Å². The van der Waals surface area contributed by atoms with Crippen molar-refractivity contribution < 1.29 is 38.1 Å². The Morgan fingerprint density at radius 3 is 2.73 bits per heavy atom. The van der Waals surface area contributed by atoms with Crippen molar-refractivity contribution in [2.45, 2.75) is 44.4 Å². The van der Waals surface area contributed by atoms with Gasteiger partial charge >= 0.3 is 12.1 Å². The highest BCUT2D eigenvalue weighted by Crippen LogP contribution is 2.20. The van der Waals surface area contributed by atoms with E-state index in [1.54, 1.807) is 24.3 Å². The lowest BCUT2D eigenvalue weighted by Gasteiger charge is -2.34. The van der Waals surface area contributed by atoms with Gasteiger partial charge in [-0.3, -0.25) is 19.3 Å². The zero-order valence-corrected chi connectivity index (χ0v) is 16.6. The molecule has 1 aliphatic rings. The minimum Gasteiger partial charge on any atom is -0.497 e. The average Bonchev–Trinajstić information content (AvgIpc) is 2.76. The van der Waals surface area contributed by atoms with Gasteiger partial charge in [0.1, 0.15) is 31.1 Å². The third kappa shape index (κ3) is 6.43. The van der Waals surface area contributed by atoms with Crippen LogP contribution in [0.5, 0.6) is 5.75 Å². The van der Waals surface area contributed by atoms with Crippen molar-refractivity contribution in [2.24, 2.45) is 0 Å². The smallest absolute Gasteiger partial charge is 0.410 e. The molecule has 1 aliphatic heterocycles. The molecule has 1 aromatic rings. The number of methoxy groups -OCH3 is 1. The van der Waals surface area contributed by atoms with Crippen molar-refractivity contribution in [2.75, 3.05) is 20.3 Å². The molecule has 2 amide bonds.